The lowest BCUT2D eigenvalue weighted by Gasteiger charge is -2.36. The molecule has 2 N–H and O–H groups in total. The summed E-state index contributed by atoms with van der Waals surface area (Å²) in [4.78, 5) is 2.27. The fourth-order valence-electron chi connectivity index (χ4n) is 1.77. The Bertz CT molecular complexity index is 214. The van der Waals surface area contributed by atoms with E-state index in [1.54, 1.807) is 0 Å². The van der Waals surface area contributed by atoms with E-state index < -0.39 is 0 Å². The zero-order chi connectivity index (χ0) is 11.5. The lowest BCUT2D eigenvalue weighted by atomic mass is 10.1. The zero-order valence-electron chi connectivity index (χ0n) is 10.3. The largest absolute Gasteiger partial charge is 0.358 e. The minimum atomic E-state index is 0.0664. The van der Waals surface area contributed by atoms with Gasteiger partial charge in [0.05, 0.1) is 0 Å². The Hall–Kier alpha value is -0.350. The Morgan fingerprint density at radius 2 is 1.80 bits per heavy atom. The van der Waals surface area contributed by atoms with Crippen LogP contribution in [0.3, 0.4) is 0 Å². The van der Waals surface area contributed by atoms with Crippen molar-refractivity contribution in [1.29, 1.82) is 0 Å². The van der Waals surface area contributed by atoms with Crippen molar-refractivity contribution in [2.75, 3.05) is 20.1 Å². The molecule has 4 heteroatoms. The Kier molecular flexibility index (Phi) is 4.34. The summed E-state index contributed by atoms with van der Waals surface area (Å²) in [5.74, 6) is 0. The number of thiocarbonyl (C=S) groups is 1. The topological polar surface area (TPSA) is 27.3 Å². The van der Waals surface area contributed by atoms with Gasteiger partial charge in [0.1, 0.15) is 0 Å². The van der Waals surface area contributed by atoms with Crippen LogP contribution in [0.1, 0.15) is 33.6 Å². The highest BCUT2D eigenvalue weighted by atomic mass is 32.1. The van der Waals surface area contributed by atoms with Crippen molar-refractivity contribution in [2.45, 2.75) is 45.2 Å². The maximum Gasteiger partial charge on any atom is 0.169 e. The van der Waals surface area contributed by atoms with E-state index in [0.29, 0.717) is 6.04 Å². The summed E-state index contributed by atoms with van der Waals surface area (Å²) < 4.78 is 0. The van der Waals surface area contributed by atoms with Crippen LogP contribution in [0.15, 0.2) is 0 Å². The standard InChI is InChI=1S/C11H23N3S/c1-11(2,3)13-10(15)14-7-5-9(12-4)6-8-14/h9,12H,5-8H2,1-4H3,(H,13,15). The van der Waals surface area contributed by atoms with Gasteiger partial charge in [-0.1, -0.05) is 0 Å². The lowest BCUT2D eigenvalue weighted by molar-refractivity contribution is 0.283. The van der Waals surface area contributed by atoms with Crippen LogP contribution in [-0.2, 0) is 0 Å². The van der Waals surface area contributed by atoms with Gasteiger partial charge in [-0.15, -0.1) is 0 Å². The molecule has 1 heterocycles. The number of nitrogens with zero attached hydrogens (tertiary/aromatic N) is 1. The average Bonchev–Trinajstić information content (AvgIpc) is 2.15. The van der Waals surface area contributed by atoms with Crippen molar-refractivity contribution in [3.63, 3.8) is 0 Å². The van der Waals surface area contributed by atoms with Crippen molar-refractivity contribution in [1.82, 2.24) is 15.5 Å². The third kappa shape index (κ3) is 4.34. The molecule has 3 nitrogen and oxygen atoms in total. The monoisotopic (exact) mass is 229 g/mol. The minimum absolute atomic E-state index is 0.0664. The molecule has 0 aromatic rings. The summed E-state index contributed by atoms with van der Waals surface area (Å²) in [7, 11) is 2.03. The van der Waals surface area contributed by atoms with Crippen molar-refractivity contribution in [3.05, 3.63) is 0 Å². The van der Waals surface area contributed by atoms with Crippen LogP contribution in [-0.4, -0.2) is 41.7 Å². The second-order valence-corrected chi connectivity index (χ2v) is 5.62. The number of piperidine rings is 1. The van der Waals surface area contributed by atoms with Gasteiger partial charge in [-0.3, -0.25) is 0 Å². The fraction of sp³-hybridized carbons (Fsp3) is 0.909. The third-order valence-electron chi connectivity index (χ3n) is 2.67. The molecule has 0 aromatic carbocycles. The fourth-order valence-corrected chi connectivity index (χ4v) is 2.26. The van der Waals surface area contributed by atoms with Gasteiger partial charge in [-0.2, -0.15) is 0 Å². The molecule has 1 aliphatic heterocycles. The summed E-state index contributed by atoms with van der Waals surface area (Å²) in [5.41, 5.74) is 0.0664. The Balaban J connectivity index is 2.37. The first-order chi connectivity index (χ1) is 6.92. The van der Waals surface area contributed by atoms with E-state index in [0.717, 1.165) is 18.2 Å². The first-order valence-electron chi connectivity index (χ1n) is 5.67. The van der Waals surface area contributed by atoms with E-state index in [1.807, 2.05) is 7.05 Å². The highest BCUT2D eigenvalue weighted by Gasteiger charge is 2.21. The molecule has 0 unspecified atom stereocenters. The smallest absolute Gasteiger partial charge is 0.169 e. The van der Waals surface area contributed by atoms with Crippen LogP contribution in [0.25, 0.3) is 0 Å². The maximum atomic E-state index is 5.39. The molecule has 0 amide bonds. The molecule has 1 fully saturated rings. The number of rotatable bonds is 1. The molecule has 0 aliphatic carbocycles. The van der Waals surface area contributed by atoms with Crippen molar-refractivity contribution >= 4 is 17.3 Å². The molecule has 1 rings (SSSR count). The van der Waals surface area contributed by atoms with Crippen LogP contribution in [0, 0.1) is 0 Å². The van der Waals surface area contributed by atoms with Crippen LogP contribution in [0.4, 0.5) is 0 Å². The van der Waals surface area contributed by atoms with Gasteiger partial charge in [0, 0.05) is 24.7 Å². The number of hydrogen-bond donors (Lipinski definition) is 2. The summed E-state index contributed by atoms with van der Waals surface area (Å²) in [5, 5.41) is 7.58. The minimum Gasteiger partial charge on any atom is -0.358 e. The molecule has 1 saturated heterocycles. The molecule has 15 heavy (non-hydrogen) atoms. The predicted octanol–water partition coefficient (Wildman–Crippen LogP) is 1.34. The van der Waals surface area contributed by atoms with Crippen molar-refractivity contribution < 1.29 is 0 Å². The second-order valence-electron chi connectivity index (χ2n) is 5.23. The van der Waals surface area contributed by atoms with Gasteiger partial charge in [0.25, 0.3) is 0 Å². The highest BCUT2D eigenvalue weighted by Crippen LogP contribution is 2.11. The van der Waals surface area contributed by atoms with Crippen LogP contribution < -0.4 is 10.6 Å². The highest BCUT2D eigenvalue weighted by molar-refractivity contribution is 7.80. The summed E-state index contributed by atoms with van der Waals surface area (Å²) in [6, 6.07) is 0.665. The molecule has 0 saturated carbocycles. The number of hydrogen-bond acceptors (Lipinski definition) is 2. The van der Waals surface area contributed by atoms with Gasteiger partial charge < -0.3 is 15.5 Å². The quantitative estimate of drug-likeness (QED) is 0.664. The van der Waals surface area contributed by atoms with Crippen LogP contribution in [0.5, 0.6) is 0 Å². The first-order valence-corrected chi connectivity index (χ1v) is 6.07. The van der Waals surface area contributed by atoms with Gasteiger partial charge in [-0.05, 0) is 52.9 Å². The van der Waals surface area contributed by atoms with Crippen molar-refractivity contribution in [3.8, 4) is 0 Å². The van der Waals surface area contributed by atoms with Crippen molar-refractivity contribution in [2.24, 2.45) is 0 Å². The predicted molar refractivity (Wildman–Crippen MR) is 69.1 cm³/mol. The molecule has 88 valence electrons. The zero-order valence-corrected chi connectivity index (χ0v) is 11.1. The molecule has 1 aliphatic rings. The Morgan fingerprint density at radius 3 is 2.20 bits per heavy atom. The van der Waals surface area contributed by atoms with E-state index in [2.05, 4.69) is 36.3 Å². The van der Waals surface area contributed by atoms with E-state index in [9.17, 15) is 0 Å². The number of likely N-dealkylation sites (tertiary alicyclic amines) is 1. The summed E-state index contributed by atoms with van der Waals surface area (Å²) in [6.07, 6.45) is 2.37. The van der Waals surface area contributed by atoms with Gasteiger partial charge in [-0.25, -0.2) is 0 Å². The summed E-state index contributed by atoms with van der Waals surface area (Å²) in [6.45, 7) is 8.54. The molecule has 0 aromatic heterocycles. The molecule has 0 spiro atoms. The third-order valence-corrected chi connectivity index (χ3v) is 3.03. The van der Waals surface area contributed by atoms with E-state index >= 15 is 0 Å². The van der Waals surface area contributed by atoms with Crippen LogP contribution in [0.2, 0.25) is 0 Å². The van der Waals surface area contributed by atoms with E-state index in [-0.39, 0.29) is 5.54 Å². The average molecular weight is 229 g/mol. The molecule has 0 bridgehead atoms. The Labute approximate surface area is 98.6 Å². The molecule has 0 radical (unpaired) electrons. The van der Waals surface area contributed by atoms with Gasteiger partial charge in [0.15, 0.2) is 5.11 Å². The van der Waals surface area contributed by atoms with Gasteiger partial charge >= 0.3 is 0 Å². The van der Waals surface area contributed by atoms with E-state index in [4.69, 9.17) is 12.2 Å². The van der Waals surface area contributed by atoms with E-state index in [1.165, 1.54) is 12.8 Å². The summed E-state index contributed by atoms with van der Waals surface area (Å²) >= 11 is 5.39. The number of nitrogens with one attached hydrogen (secondary N) is 2. The lowest BCUT2D eigenvalue weighted by Crippen LogP contribution is -2.52. The maximum absolute atomic E-state index is 5.39. The first kappa shape index (κ1) is 12.7. The normalized spacial score (nSPS) is 19.1. The SMILES string of the molecule is CNC1CCN(C(=S)NC(C)(C)C)CC1. The van der Waals surface area contributed by atoms with Gasteiger partial charge in [0.2, 0.25) is 0 Å². The second kappa shape index (κ2) is 5.12. The van der Waals surface area contributed by atoms with Crippen LogP contribution >= 0.6 is 12.2 Å². The molecule has 0 atom stereocenters. The Morgan fingerprint density at radius 1 is 1.27 bits per heavy atom. The molecular weight excluding hydrogens is 206 g/mol. The molecular formula is C11H23N3S.